The number of nitrogens with two attached hydrogens (primary N) is 1. The van der Waals surface area contributed by atoms with Crippen LogP contribution in [0.2, 0.25) is 0 Å². The Morgan fingerprint density at radius 2 is 1.67 bits per heavy atom. The van der Waals surface area contributed by atoms with Crippen LogP contribution < -0.4 is 5.73 Å². The minimum atomic E-state index is -3.06. The molecule has 5 heteroatoms. The van der Waals surface area contributed by atoms with Crippen molar-refractivity contribution in [1.29, 1.82) is 0 Å². The van der Waals surface area contributed by atoms with E-state index in [9.17, 15) is 8.42 Å². The van der Waals surface area contributed by atoms with Crippen LogP contribution >= 0.6 is 0 Å². The van der Waals surface area contributed by atoms with Crippen LogP contribution in [0.5, 0.6) is 0 Å². The summed E-state index contributed by atoms with van der Waals surface area (Å²) in [5, 5.41) is -0.315. The summed E-state index contributed by atoms with van der Waals surface area (Å²) < 4.78 is 25.3. The molecule has 1 saturated heterocycles. The Balaban J connectivity index is 2.58. The third-order valence-corrected chi connectivity index (χ3v) is 5.47. The van der Waals surface area contributed by atoms with Crippen LogP contribution in [0.4, 0.5) is 0 Å². The topological polar surface area (TPSA) is 63.4 Å². The first-order chi connectivity index (χ1) is 6.85. The van der Waals surface area contributed by atoms with Gasteiger partial charge in [-0.2, -0.15) is 0 Å². The first-order valence-corrected chi connectivity index (χ1v) is 7.10. The van der Waals surface area contributed by atoms with Gasteiger partial charge in [0.1, 0.15) is 0 Å². The summed E-state index contributed by atoms with van der Waals surface area (Å²) >= 11 is 0. The smallest absolute Gasteiger partial charge is 0.216 e. The quantitative estimate of drug-likeness (QED) is 0.785. The molecule has 0 aliphatic carbocycles. The predicted molar refractivity (Wildman–Crippen MR) is 62.0 cm³/mol. The molecule has 1 rings (SSSR count). The molecule has 0 aromatic rings. The number of sulfonamides is 1. The average molecular weight is 234 g/mol. The number of piperidine rings is 1. The molecule has 0 bridgehead atoms. The van der Waals surface area contributed by atoms with Gasteiger partial charge in [-0.15, -0.1) is 0 Å². The minimum absolute atomic E-state index is 0.175. The Hall–Kier alpha value is -0.130. The predicted octanol–water partition coefficient (Wildman–Crippen LogP) is 0.784. The Kier molecular flexibility index (Phi) is 4.14. The van der Waals surface area contributed by atoms with Crippen molar-refractivity contribution in [1.82, 2.24) is 4.31 Å². The summed E-state index contributed by atoms with van der Waals surface area (Å²) in [5.74, 6) is 0.476. The lowest BCUT2D eigenvalue weighted by atomic mass is 9.92. The van der Waals surface area contributed by atoms with Crippen molar-refractivity contribution in [2.75, 3.05) is 13.1 Å². The molecule has 1 unspecified atom stereocenters. The van der Waals surface area contributed by atoms with Crippen molar-refractivity contribution in [3.05, 3.63) is 0 Å². The third kappa shape index (κ3) is 2.92. The fourth-order valence-electron chi connectivity index (χ4n) is 1.95. The molecule has 1 fully saturated rings. The summed E-state index contributed by atoms with van der Waals surface area (Å²) in [6, 6.07) is 0.175. The molecule has 1 heterocycles. The van der Waals surface area contributed by atoms with Gasteiger partial charge in [-0.3, -0.25) is 0 Å². The molecule has 1 aliphatic heterocycles. The highest BCUT2D eigenvalue weighted by atomic mass is 32.2. The van der Waals surface area contributed by atoms with Gasteiger partial charge in [-0.05, 0) is 39.5 Å². The van der Waals surface area contributed by atoms with E-state index >= 15 is 0 Å². The van der Waals surface area contributed by atoms with E-state index in [0.29, 0.717) is 19.0 Å². The van der Waals surface area contributed by atoms with Crippen LogP contribution in [0.1, 0.15) is 33.6 Å². The number of hydrogen-bond acceptors (Lipinski definition) is 3. The lowest BCUT2D eigenvalue weighted by Gasteiger charge is -2.33. The Labute approximate surface area is 92.9 Å². The van der Waals surface area contributed by atoms with E-state index < -0.39 is 10.0 Å². The zero-order chi connectivity index (χ0) is 11.6. The summed E-state index contributed by atoms with van der Waals surface area (Å²) in [7, 11) is -3.06. The largest absolute Gasteiger partial charge is 0.328 e. The van der Waals surface area contributed by atoms with Crippen LogP contribution in [-0.4, -0.2) is 37.1 Å². The van der Waals surface area contributed by atoms with E-state index in [1.165, 1.54) is 0 Å². The minimum Gasteiger partial charge on any atom is -0.328 e. The molecule has 0 radical (unpaired) electrons. The standard InChI is InChI=1S/C10H22N2O2S/c1-8(2)15(13,14)12-6-4-10(5-7-12)9(3)11/h8-10H,4-7,11H2,1-3H3. The molecule has 0 amide bonds. The maximum absolute atomic E-state index is 11.9. The Morgan fingerprint density at radius 1 is 1.20 bits per heavy atom. The van der Waals surface area contributed by atoms with Crippen molar-refractivity contribution in [3.8, 4) is 0 Å². The second-order valence-corrected chi connectivity index (χ2v) is 7.18. The van der Waals surface area contributed by atoms with Crippen molar-refractivity contribution in [2.24, 2.45) is 11.7 Å². The molecule has 0 saturated carbocycles. The van der Waals surface area contributed by atoms with Crippen molar-refractivity contribution < 1.29 is 8.42 Å². The normalized spacial score (nSPS) is 23.3. The fraction of sp³-hybridized carbons (Fsp3) is 1.00. The SMILES string of the molecule is CC(N)C1CCN(S(=O)(=O)C(C)C)CC1. The van der Waals surface area contributed by atoms with E-state index in [1.54, 1.807) is 18.2 Å². The molecular weight excluding hydrogens is 212 g/mol. The van der Waals surface area contributed by atoms with Crippen LogP contribution in [-0.2, 0) is 10.0 Å². The number of hydrogen-bond donors (Lipinski definition) is 1. The lowest BCUT2D eigenvalue weighted by molar-refractivity contribution is 0.249. The molecule has 2 N–H and O–H groups in total. The van der Waals surface area contributed by atoms with E-state index in [2.05, 4.69) is 0 Å². The molecule has 1 aliphatic rings. The van der Waals surface area contributed by atoms with Crippen LogP contribution in [0.15, 0.2) is 0 Å². The van der Waals surface area contributed by atoms with Crippen molar-refractivity contribution in [2.45, 2.75) is 44.9 Å². The van der Waals surface area contributed by atoms with Crippen LogP contribution in [0.25, 0.3) is 0 Å². The van der Waals surface area contributed by atoms with Crippen LogP contribution in [0.3, 0.4) is 0 Å². The number of rotatable bonds is 3. The van der Waals surface area contributed by atoms with Gasteiger partial charge in [0.2, 0.25) is 10.0 Å². The highest BCUT2D eigenvalue weighted by Crippen LogP contribution is 2.22. The maximum atomic E-state index is 11.9. The van der Waals surface area contributed by atoms with E-state index in [-0.39, 0.29) is 11.3 Å². The summed E-state index contributed by atoms with van der Waals surface area (Å²) in [5.41, 5.74) is 5.81. The molecule has 0 aromatic heterocycles. The Bertz CT molecular complexity index is 291. The van der Waals surface area contributed by atoms with Gasteiger partial charge in [0.15, 0.2) is 0 Å². The highest BCUT2D eigenvalue weighted by Gasteiger charge is 2.30. The second-order valence-electron chi connectivity index (χ2n) is 4.69. The highest BCUT2D eigenvalue weighted by molar-refractivity contribution is 7.89. The van der Waals surface area contributed by atoms with E-state index in [0.717, 1.165) is 12.8 Å². The second kappa shape index (κ2) is 4.80. The lowest BCUT2D eigenvalue weighted by Crippen LogP contribution is -2.44. The van der Waals surface area contributed by atoms with Gasteiger partial charge >= 0.3 is 0 Å². The zero-order valence-electron chi connectivity index (χ0n) is 9.81. The summed E-state index contributed by atoms with van der Waals surface area (Å²) in [6.45, 7) is 6.72. The van der Waals surface area contributed by atoms with Gasteiger partial charge in [0.05, 0.1) is 5.25 Å². The first kappa shape index (κ1) is 12.9. The molecule has 15 heavy (non-hydrogen) atoms. The van der Waals surface area contributed by atoms with Gasteiger partial charge in [-0.25, -0.2) is 12.7 Å². The summed E-state index contributed by atoms with van der Waals surface area (Å²) in [4.78, 5) is 0. The van der Waals surface area contributed by atoms with Gasteiger partial charge in [0, 0.05) is 19.1 Å². The van der Waals surface area contributed by atoms with Crippen LogP contribution in [0, 0.1) is 5.92 Å². The summed E-state index contributed by atoms with van der Waals surface area (Å²) in [6.07, 6.45) is 1.78. The van der Waals surface area contributed by atoms with Crippen molar-refractivity contribution >= 4 is 10.0 Å². The maximum Gasteiger partial charge on any atom is 0.216 e. The van der Waals surface area contributed by atoms with E-state index in [4.69, 9.17) is 5.73 Å². The Morgan fingerprint density at radius 3 is 2.00 bits per heavy atom. The van der Waals surface area contributed by atoms with E-state index in [1.807, 2.05) is 6.92 Å². The van der Waals surface area contributed by atoms with Crippen molar-refractivity contribution in [3.63, 3.8) is 0 Å². The molecule has 1 atom stereocenters. The van der Waals surface area contributed by atoms with Gasteiger partial charge in [-0.1, -0.05) is 0 Å². The average Bonchev–Trinajstić information content (AvgIpc) is 2.17. The third-order valence-electron chi connectivity index (χ3n) is 3.20. The fourth-order valence-corrected chi connectivity index (χ4v) is 3.27. The molecule has 90 valence electrons. The number of nitrogens with zero attached hydrogens (tertiary/aromatic N) is 1. The van der Waals surface area contributed by atoms with Gasteiger partial charge < -0.3 is 5.73 Å². The first-order valence-electron chi connectivity index (χ1n) is 5.60. The van der Waals surface area contributed by atoms with Gasteiger partial charge in [0.25, 0.3) is 0 Å². The zero-order valence-corrected chi connectivity index (χ0v) is 10.6. The monoisotopic (exact) mass is 234 g/mol. The molecule has 0 aromatic carbocycles. The molecular formula is C10H22N2O2S. The molecule has 4 nitrogen and oxygen atoms in total. The molecule has 0 spiro atoms.